The summed E-state index contributed by atoms with van der Waals surface area (Å²) in [6, 6.07) is 0. The normalized spacial score (nSPS) is 19.9. The maximum absolute atomic E-state index is 11.5. The molecule has 1 heterocycles. The first kappa shape index (κ1) is 12.0. The Morgan fingerprint density at radius 2 is 1.87 bits per heavy atom. The van der Waals surface area contributed by atoms with Crippen LogP contribution in [0.25, 0.3) is 0 Å². The van der Waals surface area contributed by atoms with Crippen molar-refractivity contribution in [2.75, 3.05) is 13.2 Å². The average molecular weight is 215 g/mol. The first-order chi connectivity index (χ1) is 6.98. The minimum absolute atomic E-state index is 0.205. The van der Waals surface area contributed by atoms with Crippen molar-refractivity contribution < 1.29 is 19.4 Å². The predicted octanol–water partition coefficient (Wildman–Crippen LogP) is 0.392. The number of amides is 1. The maximum atomic E-state index is 11.5. The van der Waals surface area contributed by atoms with E-state index in [9.17, 15) is 9.59 Å². The van der Waals surface area contributed by atoms with E-state index in [0.717, 1.165) is 0 Å². The van der Waals surface area contributed by atoms with Crippen LogP contribution in [-0.2, 0) is 14.3 Å². The van der Waals surface area contributed by atoms with Gasteiger partial charge in [0, 0.05) is 32.0 Å². The van der Waals surface area contributed by atoms with Gasteiger partial charge in [0.2, 0.25) is 5.91 Å². The van der Waals surface area contributed by atoms with Crippen LogP contribution in [0.1, 0.15) is 26.7 Å². The Kier molecular flexibility index (Phi) is 3.68. The molecule has 1 aliphatic rings. The number of hydrogen-bond acceptors (Lipinski definition) is 3. The number of carbonyl (C=O) groups excluding carboxylic acids is 1. The fourth-order valence-corrected chi connectivity index (χ4v) is 1.49. The molecule has 86 valence electrons. The van der Waals surface area contributed by atoms with Crippen LogP contribution >= 0.6 is 0 Å². The smallest absolute Gasteiger partial charge is 0.329 e. The summed E-state index contributed by atoms with van der Waals surface area (Å²) in [7, 11) is 0. The van der Waals surface area contributed by atoms with E-state index in [1.165, 1.54) is 0 Å². The summed E-state index contributed by atoms with van der Waals surface area (Å²) in [4.78, 5) is 22.7. The molecule has 0 saturated carbocycles. The highest BCUT2D eigenvalue weighted by atomic mass is 16.5. The molecule has 1 amide bonds. The van der Waals surface area contributed by atoms with Crippen LogP contribution in [0.5, 0.6) is 0 Å². The molecule has 0 aliphatic carbocycles. The Balaban J connectivity index is 2.73. The number of carboxylic acids is 1. The van der Waals surface area contributed by atoms with Crippen molar-refractivity contribution in [3.63, 3.8) is 0 Å². The van der Waals surface area contributed by atoms with Gasteiger partial charge in [0.05, 0.1) is 0 Å². The Hall–Kier alpha value is -1.10. The summed E-state index contributed by atoms with van der Waals surface area (Å²) in [5.41, 5.74) is -1.13. The van der Waals surface area contributed by atoms with E-state index >= 15 is 0 Å². The van der Waals surface area contributed by atoms with Crippen molar-refractivity contribution in [3.05, 3.63) is 0 Å². The zero-order valence-electron chi connectivity index (χ0n) is 9.08. The third-order valence-electron chi connectivity index (χ3n) is 2.64. The molecule has 5 heteroatoms. The van der Waals surface area contributed by atoms with Crippen LogP contribution in [0, 0.1) is 5.92 Å². The summed E-state index contributed by atoms with van der Waals surface area (Å²) in [6.07, 6.45) is 0.668. The van der Waals surface area contributed by atoms with Crippen LogP contribution in [0.4, 0.5) is 0 Å². The Morgan fingerprint density at radius 3 is 2.27 bits per heavy atom. The maximum Gasteiger partial charge on any atom is 0.329 e. The monoisotopic (exact) mass is 215 g/mol. The molecular formula is C10H17NO4. The van der Waals surface area contributed by atoms with Crippen LogP contribution in [0.3, 0.4) is 0 Å². The summed E-state index contributed by atoms with van der Waals surface area (Å²) >= 11 is 0. The fourth-order valence-electron chi connectivity index (χ4n) is 1.49. The van der Waals surface area contributed by atoms with Crippen molar-refractivity contribution in [3.8, 4) is 0 Å². The molecule has 1 rings (SSSR count). The molecule has 1 fully saturated rings. The lowest BCUT2D eigenvalue weighted by Crippen LogP contribution is -2.58. The van der Waals surface area contributed by atoms with Gasteiger partial charge in [0.1, 0.15) is 5.54 Å². The summed E-state index contributed by atoms with van der Waals surface area (Å²) < 4.78 is 5.10. The molecule has 15 heavy (non-hydrogen) atoms. The number of nitrogens with one attached hydrogen (secondary N) is 1. The number of hydrogen-bond donors (Lipinski definition) is 2. The van der Waals surface area contributed by atoms with Gasteiger partial charge >= 0.3 is 5.97 Å². The van der Waals surface area contributed by atoms with Gasteiger partial charge in [-0.1, -0.05) is 13.8 Å². The SMILES string of the molecule is CC(C)C(=O)NC1(C(=O)O)CCOCC1. The summed E-state index contributed by atoms with van der Waals surface area (Å²) in [5.74, 6) is -1.40. The van der Waals surface area contributed by atoms with E-state index in [1.54, 1.807) is 13.8 Å². The lowest BCUT2D eigenvalue weighted by Gasteiger charge is -2.34. The number of aliphatic carboxylic acids is 1. The fraction of sp³-hybridized carbons (Fsp3) is 0.800. The predicted molar refractivity (Wildman–Crippen MR) is 53.4 cm³/mol. The van der Waals surface area contributed by atoms with Crippen molar-refractivity contribution in [1.82, 2.24) is 5.32 Å². The molecule has 5 nitrogen and oxygen atoms in total. The molecule has 0 spiro atoms. The molecule has 2 N–H and O–H groups in total. The lowest BCUT2D eigenvalue weighted by atomic mass is 9.89. The molecule has 1 aliphatic heterocycles. The minimum atomic E-state index is -1.13. The van der Waals surface area contributed by atoms with E-state index in [0.29, 0.717) is 26.1 Å². The highest BCUT2D eigenvalue weighted by Crippen LogP contribution is 2.21. The van der Waals surface area contributed by atoms with Gasteiger partial charge in [0.25, 0.3) is 0 Å². The van der Waals surface area contributed by atoms with E-state index in [2.05, 4.69) is 5.32 Å². The highest BCUT2D eigenvalue weighted by molar-refractivity contribution is 5.87. The molecule has 0 aromatic rings. The number of rotatable bonds is 3. The second kappa shape index (κ2) is 4.61. The molecule has 0 bridgehead atoms. The number of carbonyl (C=O) groups is 2. The van der Waals surface area contributed by atoms with Crippen LogP contribution in [0.2, 0.25) is 0 Å². The van der Waals surface area contributed by atoms with Crippen LogP contribution in [-0.4, -0.2) is 35.7 Å². The molecule has 1 saturated heterocycles. The zero-order chi connectivity index (χ0) is 11.5. The second-order valence-electron chi connectivity index (χ2n) is 4.14. The van der Waals surface area contributed by atoms with Gasteiger partial charge in [0.15, 0.2) is 0 Å². The third kappa shape index (κ3) is 2.68. The van der Waals surface area contributed by atoms with Crippen molar-refractivity contribution in [1.29, 1.82) is 0 Å². The highest BCUT2D eigenvalue weighted by Gasteiger charge is 2.41. The first-order valence-corrected chi connectivity index (χ1v) is 5.11. The van der Waals surface area contributed by atoms with Gasteiger partial charge in [-0.2, -0.15) is 0 Å². The molecule has 0 aromatic carbocycles. The van der Waals surface area contributed by atoms with Gasteiger partial charge < -0.3 is 15.2 Å². The average Bonchev–Trinajstić information content (AvgIpc) is 2.18. The first-order valence-electron chi connectivity index (χ1n) is 5.11. The standard InChI is InChI=1S/C10H17NO4/c1-7(2)8(12)11-10(9(13)14)3-5-15-6-4-10/h7H,3-6H2,1-2H3,(H,11,12)(H,13,14). The molecule has 0 aromatic heterocycles. The third-order valence-corrected chi connectivity index (χ3v) is 2.64. The lowest BCUT2D eigenvalue weighted by molar-refractivity contribution is -0.152. The van der Waals surface area contributed by atoms with Gasteiger partial charge in [-0.25, -0.2) is 4.79 Å². The topological polar surface area (TPSA) is 75.6 Å². The van der Waals surface area contributed by atoms with E-state index in [1.807, 2.05) is 0 Å². The van der Waals surface area contributed by atoms with Crippen LogP contribution < -0.4 is 5.32 Å². The van der Waals surface area contributed by atoms with E-state index in [-0.39, 0.29) is 11.8 Å². The second-order valence-corrected chi connectivity index (χ2v) is 4.14. The molecular weight excluding hydrogens is 198 g/mol. The molecule has 0 radical (unpaired) electrons. The number of carboxylic acid groups (broad SMARTS) is 1. The number of ether oxygens (including phenoxy) is 1. The molecule has 0 atom stereocenters. The molecule has 0 unspecified atom stereocenters. The van der Waals surface area contributed by atoms with Crippen molar-refractivity contribution >= 4 is 11.9 Å². The summed E-state index contributed by atoms with van der Waals surface area (Å²) in [6.45, 7) is 4.24. The van der Waals surface area contributed by atoms with Crippen molar-refractivity contribution in [2.45, 2.75) is 32.2 Å². The minimum Gasteiger partial charge on any atom is -0.480 e. The van der Waals surface area contributed by atoms with Crippen molar-refractivity contribution in [2.24, 2.45) is 5.92 Å². The van der Waals surface area contributed by atoms with Crippen LogP contribution in [0.15, 0.2) is 0 Å². The van der Waals surface area contributed by atoms with Gasteiger partial charge in [-0.05, 0) is 0 Å². The van der Waals surface area contributed by atoms with Gasteiger partial charge in [-0.3, -0.25) is 4.79 Å². The Morgan fingerprint density at radius 1 is 1.33 bits per heavy atom. The quantitative estimate of drug-likeness (QED) is 0.714. The zero-order valence-corrected chi connectivity index (χ0v) is 9.08. The van der Waals surface area contributed by atoms with E-state index < -0.39 is 11.5 Å². The Labute approximate surface area is 88.8 Å². The van der Waals surface area contributed by atoms with E-state index in [4.69, 9.17) is 9.84 Å². The van der Waals surface area contributed by atoms with Gasteiger partial charge in [-0.15, -0.1) is 0 Å². The largest absolute Gasteiger partial charge is 0.480 e. The Bertz CT molecular complexity index is 256. The summed E-state index contributed by atoms with van der Waals surface area (Å²) in [5, 5.41) is 11.8.